The van der Waals surface area contributed by atoms with E-state index in [2.05, 4.69) is 48.0 Å². The Morgan fingerprint density at radius 1 is 1.26 bits per heavy atom. The average molecular weight is 506 g/mol. The molecule has 3 rings (SSSR count). The van der Waals surface area contributed by atoms with Crippen molar-refractivity contribution in [3.8, 4) is 0 Å². The van der Waals surface area contributed by atoms with Crippen LogP contribution in [0.3, 0.4) is 0 Å². The summed E-state index contributed by atoms with van der Waals surface area (Å²) in [6, 6.07) is 8.12. The van der Waals surface area contributed by atoms with Crippen LogP contribution in [0.4, 0.5) is 0 Å². The molecule has 3 heterocycles. The van der Waals surface area contributed by atoms with Gasteiger partial charge in [-0.25, -0.2) is 4.98 Å². The Morgan fingerprint density at radius 3 is 2.83 bits per heavy atom. The number of nitrogens with zero attached hydrogens (tertiary/aromatic N) is 3. The molecule has 122 valence electrons. The number of hydrogen-bond acceptors (Lipinski definition) is 3. The van der Waals surface area contributed by atoms with Gasteiger partial charge < -0.3 is 15.0 Å². The number of thiophene rings is 1. The van der Waals surface area contributed by atoms with Crippen molar-refractivity contribution >= 4 is 62.9 Å². The van der Waals surface area contributed by atoms with Crippen molar-refractivity contribution in [1.82, 2.24) is 20.0 Å². The molecule has 2 N–H and O–H groups in total. The average Bonchev–Trinajstić information content (AvgIpc) is 3.16. The number of aliphatic imine (C=N–C) groups is 1. The Labute approximate surface area is 164 Å². The van der Waals surface area contributed by atoms with Gasteiger partial charge in [0.25, 0.3) is 0 Å². The molecular formula is C15H17BrIN5S. The van der Waals surface area contributed by atoms with Crippen LogP contribution in [0.1, 0.15) is 10.6 Å². The van der Waals surface area contributed by atoms with Gasteiger partial charge in [0.05, 0.1) is 18.8 Å². The molecule has 0 spiro atoms. The largest absolute Gasteiger partial charge is 0.352 e. The highest BCUT2D eigenvalue weighted by molar-refractivity contribution is 14.0. The first-order valence-electron chi connectivity index (χ1n) is 6.84. The third-order valence-corrected chi connectivity index (χ3v) is 4.48. The van der Waals surface area contributed by atoms with Crippen LogP contribution in [0.2, 0.25) is 0 Å². The predicted octanol–water partition coefficient (Wildman–Crippen LogP) is 3.64. The quantitative estimate of drug-likeness (QED) is 0.323. The summed E-state index contributed by atoms with van der Waals surface area (Å²) in [6.45, 7) is 1.40. The molecule has 0 amide bonds. The van der Waals surface area contributed by atoms with Gasteiger partial charge in [-0.05, 0) is 39.5 Å². The molecule has 8 heteroatoms. The van der Waals surface area contributed by atoms with Gasteiger partial charge in [-0.15, -0.1) is 35.3 Å². The number of hydrogen-bond donors (Lipinski definition) is 2. The number of rotatable bonds is 4. The summed E-state index contributed by atoms with van der Waals surface area (Å²) in [6.07, 6.45) is 4.01. The van der Waals surface area contributed by atoms with Crippen LogP contribution in [0.15, 0.2) is 51.5 Å². The number of nitrogens with one attached hydrogen (secondary N) is 2. The van der Waals surface area contributed by atoms with Gasteiger partial charge in [0.2, 0.25) is 0 Å². The molecule has 0 saturated carbocycles. The Hall–Kier alpha value is -1.13. The molecular weight excluding hydrogens is 489 g/mol. The first-order valence-corrected chi connectivity index (χ1v) is 8.52. The summed E-state index contributed by atoms with van der Waals surface area (Å²) in [4.78, 5) is 10.1. The summed E-state index contributed by atoms with van der Waals surface area (Å²) in [5.74, 6) is 0.770. The topological polar surface area (TPSA) is 53.7 Å². The Kier molecular flexibility index (Phi) is 6.85. The Morgan fingerprint density at radius 2 is 2.09 bits per heavy atom. The van der Waals surface area contributed by atoms with Crippen LogP contribution in [0.5, 0.6) is 0 Å². The van der Waals surface area contributed by atoms with E-state index in [0.29, 0.717) is 6.54 Å². The maximum atomic E-state index is 4.57. The molecule has 0 bridgehead atoms. The third kappa shape index (κ3) is 4.92. The number of guanidine groups is 1. The zero-order chi connectivity index (χ0) is 15.4. The number of halogens is 2. The highest BCUT2D eigenvalue weighted by Gasteiger charge is 2.04. The van der Waals surface area contributed by atoms with Gasteiger partial charge in [-0.1, -0.05) is 6.07 Å². The van der Waals surface area contributed by atoms with Crippen molar-refractivity contribution in [2.45, 2.75) is 13.1 Å². The van der Waals surface area contributed by atoms with Crippen molar-refractivity contribution in [2.75, 3.05) is 7.05 Å². The van der Waals surface area contributed by atoms with Crippen molar-refractivity contribution < 1.29 is 0 Å². The maximum absolute atomic E-state index is 4.57. The van der Waals surface area contributed by atoms with Gasteiger partial charge in [-0.3, -0.25) is 4.99 Å². The van der Waals surface area contributed by atoms with E-state index in [0.717, 1.165) is 28.3 Å². The Bertz CT molecular complexity index is 784. The SMILES string of the molecule is CN=C(NCc1cn2cc(Br)ccc2n1)NCc1cccs1.I. The molecule has 3 aromatic heterocycles. The summed E-state index contributed by atoms with van der Waals surface area (Å²) >= 11 is 5.19. The fraction of sp³-hybridized carbons (Fsp3) is 0.200. The van der Waals surface area contributed by atoms with Crippen LogP contribution in [0.25, 0.3) is 5.65 Å². The summed E-state index contributed by atoms with van der Waals surface area (Å²) in [5, 5.41) is 8.64. The van der Waals surface area contributed by atoms with E-state index < -0.39 is 0 Å². The first kappa shape index (κ1) is 18.2. The molecule has 0 fully saturated rings. The van der Waals surface area contributed by atoms with E-state index in [1.807, 2.05) is 35.0 Å². The lowest BCUT2D eigenvalue weighted by Gasteiger charge is -2.09. The fourth-order valence-electron chi connectivity index (χ4n) is 2.08. The highest BCUT2D eigenvalue weighted by Crippen LogP contribution is 2.12. The summed E-state index contributed by atoms with van der Waals surface area (Å²) < 4.78 is 3.04. The molecule has 3 aromatic rings. The van der Waals surface area contributed by atoms with Crippen LogP contribution in [-0.4, -0.2) is 22.4 Å². The second-order valence-corrected chi connectivity index (χ2v) is 6.65. The smallest absolute Gasteiger partial charge is 0.191 e. The molecule has 0 radical (unpaired) electrons. The maximum Gasteiger partial charge on any atom is 0.191 e. The van der Waals surface area contributed by atoms with Gasteiger partial charge in [-0.2, -0.15) is 0 Å². The van der Waals surface area contributed by atoms with Gasteiger partial charge >= 0.3 is 0 Å². The molecule has 0 atom stereocenters. The molecule has 5 nitrogen and oxygen atoms in total. The van der Waals surface area contributed by atoms with Gasteiger partial charge in [0, 0.05) is 28.8 Å². The lowest BCUT2D eigenvalue weighted by atomic mass is 10.4. The lowest BCUT2D eigenvalue weighted by Crippen LogP contribution is -2.36. The lowest BCUT2D eigenvalue weighted by molar-refractivity contribution is 0.804. The van der Waals surface area contributed by atoms with Crippen LogP contribution in [0, 0.1) is 0 Å². The van der Waals surface area contributed by atoms with Crippen molar-refractivity contribution in [2.24, 2.45) is 4.99 Å². The molecule has 0 unspecified atom stereocenters. The monoisotopic (exact) mass is 505 g/mol. The zero-order valence-corrected chi connectivity index (χ0v) is 17.2. The standard InChI is InChI=1S/C15H16BrN5S.HI/c1-17-15(19-8-13-3-2-6-22-13)18-7-12-10-21-9-11(16)4-5-14(21)20-12;/h2-6,9-10H,7-8H2,1H3,(H2,17,18,19);1H. The molecule has 0 saturated heterocycles. The number of aromatic nitrogens is 2. The summed E-state index contributed by atoms with van der Waals surface area (Å²) in [5.41, 5.74) is 1.90. The molecule has 0 aromatic carbocycles. The van der Waals surface area contributed by atoms with Crippen molar-refractivity contribution in [3.05, 3.63) is 57.1 Å². The van der Waals surface area contributed by atoms with Gasteiger partial charge in [0.1, 0.15) is 5.65 Å². The van der Waals surface area contributed by atoms with Crippen molar-refractivity contribution in [3.63, 3.8) is 0 Å². The van der Waals surface area contributed by atoms with Crippen molar-refractivity contribution in [1.29, 1.82) is 0 Å². The van der Waals surface area contributed by atoms with E-state index in [4.69, 9.17) is 0 Å². The molecule has 0 aliphatic heterocycles. The highest BCUT2D eigenvalue weighted by atomic mass is 127. The molecule has 0 aliphatic carbocycles. The zero-order valence-electron chi connectivity index (χ0n) is 12.5. The molecule has 23 heavy (non-hydrogen) atoms. The minimum absolute atomic E-state index is 0. The van der Waals surface area contributed by atoms with E-state index in [1.165, 1.54) is 4.88 Å². The third-order valence-electron chi connectivity index (χ3n) is 3.14. The minimum atomic E-state index is 0. The minimum Gasteiger partial charge on any atom is -0.352 e. The molecule has 0 aliphatic rings. The predicted molar refractivity (Wildman–Crippen MR) is 110 cm³/mol. The fourth-order valence-corrected chi connectivity index (χ4v) is 3.08. The first-order chi connectivity index (χ1) is 10.7. The summed E-state index contributed by atoms with van der Waals surface area (Å²) in [7, 11) is 1.77. The van der Waals surface area contributed by atoms with Crippen LogP contribution < -0.4 is 10.6 Å². The van der Waals surface area contributed by atoms with E-state index in [9.17, 15) is 0 Å². The second-order valence-electron chi connectivity index (χ2n) is 4.70. The number of pyridine rings is 1. The van der Waals surface area contributed by atoms with E-state index >= 15 is 0 Å². The Balaban J connectivity index is 0.00000192. The van der Waals surface area contributed by atoms with Crippen LogP contribution in [-0.2, 0) is 13.1 Å². The number of fused-ring (bicyclic) bond motifs is 1. The van der Waals surface area contributed by atoms with E-state index in [1.54, 1.807) is 18.4 Å². The van der Waals surface area contributed by atoms with E-state index in [-0.39, 0.29) is 24.0 Å². The normalized spacial score (nSPS) is 11.3. The van der Waals surface area contributed by atoms with Crippen LogP contribution >= 0.6 is 51.2 Å². The number of imidazole rings is 1. The van der Waals surface area contributed by atoms with Gasteiger partial charge in [0.15, 0.2) is 5.96 Å². The second kappa shape index (κ2) is 8.65.